The maximum Gasteiger partial charge on any atom is 0.240 e. The second kappa shape index (κ2) is 6.72. The molecule has 0 saturated carbocycles. The van der Waals surface area contributed by atoms with E-state index in [1.54, 1.807) is 18.2 Å². The zero-order valence-corrected chi connectivity index (χ0v) is 11.4. The van der Waals surface area contributed by atoms with Gasteiger partial charge >= 0.3 is 0 Å². The van der Waals surface area contributed by atoms with Crippen molar-refractivity contribution in [1.82, 2.24) is 0 Å². The van der Waals surface area contributed by atoms with E-state index in [0.717, 1.165) is 12.8 Å². The SMILES string of the molecule is CCC(CCN)CNc1ccccc1S(N)(=O)=O. The smallest absolute Gasteiger partial charge is 0.240 e. The topological polar surface area (TPSA) is 98.2 Å². The first-order valence-electron chi connectivity index (χ1n) is 6.04. The highest BCUT2D eigenvalue weighted by atomic mass is 32.2. The first kappa shape index (κ1) is 14.9. The van der Waals surface area contributed by atoms with Crippen molar-refractivity contribution in [2.45, 2.75) is 24.7 Å². The Morgan fingerprint density at radius 2 is 2.00 bits per heavy atom. The van der Waals surface area contributed by atoms with Crippen molar-refractivity contribution < 1.29 is 8.42 Å². The summed E-state index contributed by atoms with van der Waals surface area (Å²) in [5, 5.41) is 8.31. The quantitative estimate of drug-likeness (QED) is 0.692. The molecule has 1 aromatic carbocycles. The van der Waals surface area contributed by atoms with E-state index in [2.05, 4.69) is 12.2 Å². The van der Waals surface area contributed by atoms with Crippen LogP contribution in [-0.2, 0) is 10.0 Å². The molecule has 102 valence electrons. The summed E-state index contributed by atoms with van der Waals surface area (Å²) in [5.41, 5.74) is 6.08. The minimum atomic E-state index is -3.69. The first-order valence-corrected chi connectivity index (χ1v) is 7.59. The molecular formula is C12H21N3O2S. The molecule has 18 heavy (non-hydrogen) atoms. The molecule has 0 spiro atoms. The van der Waals surface area contributed by atoms with Gasteiger partial charge < -0.3 is 11.1 Å². The lowest BCUT2D eigenvalue weighted by atomic mass is 10.0. The molecule has 0 heterocycles. The summed E-state index contributed by atoms with van der Waals surface area (Å²) in [5.74, 6) is 0.434. The van der Waals surface area contributed by atoms with Crippen LogP contribution in [-0.4, -0.2) is 21.5 Å². The van der Waals surface area contributed by atoms with Crippen molar-refractivity contribution in [2.24, 2.45) is 16.8 Å². The van der Waals surface area contributed by atoms with Crippen molar-refractivity contribution >= 4 is 15.7 Å². The highest BCUT2D eigenvalue weighted by Gasteiger charge is 2.13. The summed E-state index contributed by atoms with van der Waals surface area (Å²) in [6, 6.07) is 6.65. The van der Waals surface area contributed by atoms with Crippen molar-refractivity contribution in [3.63, 3.8) is 0 Å². The molecule has 0 bridgehead atoms. The summed E-state index contributed by atoms with van der Waals surface area (Å²) in [6.07, 6.45) is 1.92. The number of benzene rings is 1. The van der Waals surface area contributed by atoms with E-state index < -0.39 is 10.0 Å². The Morgan fingerprint density at radius 1 is 1.33 bits per heavy atom. The molecule has 1 atom stereocenters. The van der Waals surface area contributed by atoms with Gasteiger partial charge in [-0.3, -0.25) is 0 Å². The molecule has 0 aliphatic carbocycles. The minimum absolute atomic E-state index is 0.132. The van der Waals surface area contributed by atoms with Crippen LogP contribution in [0.1, 0.15) is 19.8 Å². The third kappa shape index (κ3) is 4.29. The molecule has 1 aromatic rings. The average Bonchev–Trinajstić information content (AvgIpc) is 2.33. The van der Waals surface area contributed by atoms with Crippen LogP contribution in [0.15, 0.2) is 29.2 Å². The van der Waals surface area contributed by atoms with Gasteiger partial charge in [-0.05, 0) is 31.0 Å². The number of hydrogen-bond acceptors (Lipinski definition) is 4. The zero-order valence-electron chi connectivity index (χ0n) is 10.6. The molecule has 5 nitrogen and oxygen atoms in total. The fraction of sp³-hybridized carbons (Fsp3) is 0.500. The molecule has 6 heteroatoms. The van der Waals surface area contributed by atoms with Crippen LogP contribution in [0.2, 0.25) is 0 Å². The Balaban J connectivity index is 2.79. The van der Waals surface area contributed by atoms with Crippen LogP contribution in [0.5, 0.6) is 0 Å². The van der Waals surface area contributed by atoms with Gasteiger partial charge in [0, 0.05) is 6.54 Å². The summed E-state index contributed by atoms with van der Waals surface area (Å²) >= 11 is 0. The van der Waals surface area contributed by atoms with Crippen molar-refractivity contribution in [3.8, 4) is 0 Å². The average molecular weight is 271 g/mol. The Morgan fingerprint density at radius 3 is 2.56 bits per heavy atom. The van der Waals surface area contributed by atoms with Gasteiger partial charge in [-0.15, -0.1) is 0 Å². The Hall–Kier alpha value is -1.11. The van der Waals surface area contributed by atoms with Crippen LogP contribution in [0.25, 0.3) is 0 Å². The van der Waals surface area contributed by atoms with Gasteiger partial charge in [0.15, 0.2) is 0 Å². The third-order valence-electron chi connectivity index (χ3n) is 2.93. The molecule has 1 unspecified atom stereocenters. The number of sulfonamides is 1. The predicted molar refractivity (Wildman–Crippen MR) is 73.8 cm³/mol. The van der Waals surface area contributed by atoms with Crippen molar-refractivity contribution in [2.75, 3.05) is 18.4 Å². The summed E-state index contributed by atoms with van der Waals surface area (Å²) in [4.78, 5) is 0.132. The molecule has 0 amide bonds. The molecule has 0 radical (unpaired) electrons. The maximum atomic E-state index is 11.4. The highest BCUT2D eigenvalue weighted by Crippen LogP contribution is 2.20. The molecule has 0 saturated heterocycles. The number of hydrogen-bond donors (Lipinski definition) is 3. The first-order chi connectivity index (χ1) is 8.49. The number of nitrogens with two attached hydrogens (primary N) is 2. The monoisotopic (exact) mass is 271 g/mol. The molecule has 1 rings (SSSR count). The van der Waals surface area contributed by atoms with Gasteiger partial charge in [0.1, 0.15) is 4.90 Å². The lowest BCUT2D eigenvalue weighted by molar-refractivity contribution is 0.501. The number of nitrogens with one attached hydrogen (secondary N) is 1. The minimum Gasteiger partial charge on any atom is -0.384 e. The second-order valence-corrected chi connectivity index (χ2v) is 5.80. The van der Waals surface area contributed by atoms with Crippen molar-refractivity contribution in [1.29, 1.82) is 0 Å². The van der Waals surface area contributed by atoms with Crippen LogP contribution < -0.4 is 16.2 Å². The second-order valence-electron chi connectivity index (χ2n) is 4.27. The van der Waals surface area contributed by atoms with Crippen molar-refractivity contribution in [3.05, 3.63) is 24.3 Å². The molecule has 0 aliphatic rings. The summed E-state index contributed by atoms with van der Waals surface area (Å²) in [6.45, 7) is 3.42. The van der Waals surface area contributed by atoms with Gasteiger partial charge in [0.25, 0.3) is 0 Å². The Labute approximate surface area is 109 Å². The number of para-hydroxylation sites is 1. The largest absolute Gasteiger partial charge is 0.384 e. The van der Waals surface area contributed by atoms with Gasteiger partial charge in [-0.25, -0.2) is 13.6 Å². The maximum absolute atomic E-state index is 11.4. The highest BCUT2D eigenvalue weighted by molar-refractivity contribution is 7.89. The Kier molecular flexibility index (Phi) is 5.58. The molecule has 0 fully saturated rings. The van der Waals surface area contributed by atoms with E-state index in [-0.39, 0.29) is 4.90 Å². The van der Waals surface area contributed by atoms with Gasteiger partial charge in [0.05, 0.1) is 5.69 Å². The van der Waals surface area contributed by atoms with E-state index in [4.69, 9.17) is 10.9 Å². The van der Waals surface area contributed by atoms with Gasteiger partial charge in [-0.1, -0.05) is 25.5 Å². The van der Waals surface area contributed by atoms with Gasteiger partial charge in [0.2, 0.25) is 10.0 Å². The van der Waals surface area contributed by atoms with Crippen LogP contribution in [0.4, 0.5) is 5.69 Å². The third-order valence-corrected chi connectivity index (χ3v) is 3.90. The fourth-order valence-electron chi connectivity index (χ4n) is 1.80. The lowest BCUT2D eigenvalue weighted by Gasteiger charge is -2.17. The normalized spacial score (nSPS) is 13.3. The Bertz CT molecular complexity index is 474. The molecule has 0 aliphatic heterocycles. The predicted octanol–water partition coefficient (Wildman–Crippen LogP) is 1.12. The standard InChI is InChI=1S/C12H21N3O2S/c1-2-10(7-8-13)9-15-11-5-3-4-6-12(11)18(14,16)17/h3-6,10,15H,2,7-9,13H2,1H3,(H2,14,16,17). The number of rotatable bonds is 7. The van der Waals surface area contributed by atoms with Crippen LogP contribution >= 0.6 is 0 Å². The van der Waals surface area contributed by atoms with E-state index >= 15 is 0 Å². The summed E-state index contributed by atoms with van der Waals surface area (Å²) in [7, 11) is -3.69. The summed E-state index contributed by atoms with van der Waals surface area (Å²) < 4.78 is 22.8. The lowest BCUT2D eigenvalue weighted by Crippen LogP contribution is -2.20. The van der Waals surface area contributed by atoms with E-state index in [9.17, 15) is 8.42 Å². The molecular weight excluding hydrogens is 250 g/mol. The fourth-order valence-corrected chi connectivity index (χ4v) is 2.52. The van der Waals surface area contributed by atoms with Crippen LogP contribution in [0, 0.1) is 5.92 Å². The van der Waals surface area contributed by atoms with Gasteiger partial charge in [-0.2, -0.15) is 0 Å². The van der Waals surface area contributed by atoms with E-state index in [1.807, 2.05) is 0 Å². The zero-order chi connectivity index (χ0) is 13.6. The molecule has 0 aromatic heterocycles. The van der Waals surface area contributed by atoms with E-state index in [1.165, 1.54) is 6.07 Å². The molecule has 5 N–H and O–H groups in total. The van der Waals surface area contributed by atoms with Crippen LogP contribution in [0.3, 0.4) is 0 Å². The number of primary sulfonamides is 1. The number of anilines is 1. The van der Waals surface area contributed by atoms with E-state index in [0.29, 0.717) is 24.7 Å².